The van der Waals surface area contributed by atoms with Crippen molar-refractivity contribution in [2.24, 2.45) is 0 Å². The Morgan fingerprint density at radius 3 is 2.42 bits per heavy atom. The van der Waals surface area contributed by atoms with E-state index in [2.05, 4.69) is 15.0 Å². The van der Waals surface area contributed by atoms with E-state index in [4.69, 9.17) is 16.3 Å². The molecule has 1 heterocycles. The molecule has 0 saturated carbocycles. The van der Waals surface area contributed by atoms with Gasteiger partial charge in [0.2, 0.25) is 0 Å². The van der Waals surface area contributed by atoms with Crippen LogP contribution in [0.3, 0.4) is 0 Å². The Morgan fingerprint density at radius 2 is 1.73 bits per heavy atom. The third-order valence-electron chi connectivity index (χ3n) is 4.52. The highest BCUT2D eigenvalue weighted by atomic mass is 35.5. The van der Waals surface area contributed by atoms with E-state index in [0.29, 0.717) is 22.0 Å². The molecule has 0 aliphatic heterocycles. The molecule has 168 valence electrons. The second-order valence-corrected chi connectivity index (χ2v) is 9.85. The fourth-order valence-corrected chi connectivity index (χ4v) is 4.80. The quantitative estimate of drug-likeness (QED) is 0.337. The highest BCUT2D eigenvalue weighted by Crippen LogP contribution is 2.23. The number of carbonyl (C=O) groups excluding carboxylic acids is 1. The molecule has 33 heavy (non-hydrogen) atoms. The van der Waals surface area contributed by atoms with Crippen LogP contribution in [0.4, 0.5) is 10.8 Å². The van der Waals surface area contributed by atoms with Crippen molar-refractivity contribution in [2.45, 2.75) is 11.5 Å². The van der Waals surface area contributed by atoms with Crippen molar-refractivity contribution in [3.05, 3.63) is 101 Å². The van der Waals surface area contributed by atoms with Gasteiger partial charge in [0, 0.05) is 22.3 Å². The molecule has 2 N–H and O–H groups in total. The third-order valence-corrected chi connectivity index (χ3v) is 6.94. The summed E-state index contributed by atoms with van der Waals surface area (Å²) in [5, 5.41) is 5.36. The van der Waals surface area contributed by atoms with Gasteiger partial charge in [-0.25, -0.2) is 13.4 Å². The van der Waals surface area contributed by atoms with Gasteiger partial charge < -0.3 is 10.1 Å². The monoisotopic (exact) mass is 499 g/mol. The van der Waals surface area contributed by atoms with E-state index in [0.717, 1.165) is 5.56 Å². The molecule has 0 spiro atoms. The molecule has 0 radical (unpaired) electrons. The Bertz CT molecular complexity index is 1340. The molecule has 1 aromatic heterocycles. The summed E-state index contributed by atoms with van der Waals surface area (Å²) in [5.74, 6) is 0.0509. The maximum absolute atomic E-state index is 12.8. The van der Waals surface area contributed by atoms with Gasteiger partial charge in [-0.1, -0.05) is 35.9 Å². The van der Waals surface area contributed by atoms with Gasteiger partial charge in [-0.05, 0) is 54.1 Å². The van der Waals surface area contributed by atoms with Crippen LogP contribution >= 0.6 is 22.9 Å². The smallest absolute Gasteiger partial charge is 0.263 e. The van der Waals surface area contributed by atoms with Gasteiger partial charge in [0.25, 0.3) is 15.9 Å². The normalized spacial score (nSPS) is 11.1. The van der Waals surface area contributed by atoms with Gasteiger partial charge in [-0.15, -0.1) is 11.3 Å². The third kappa shape index (κ3) is 5.89. The Kier molecular flexibility index (Phi) is 6.93. The van der Waals surface area contributed by atoms with Gasteiger partial charge in [0.1, 0.15) is 12.4 Å². The van der Waals surface area contributed by atoms with E-state index >= 15 is 0 Å². The molecule has 0 fully saturated rings. The lowest BCUT2D eigenvalue weighted by Crippen LogP contribution is -2.15. The molecule has 4 aromatic rings. The molecule has 0 saturated heterocycles. The van der Waals surface area contributed by atoms with E-state index < -0.39 is 10.0 Å². The van der Waals surface area contributed by atoms with Crippen molar-refractivity contribution in [3.8, 4) is 5.75 Å². The number of anilines is 2. The highest BCUT2D eigenvalue weighted by Gasteiger charge is 2.17. The molecule has 3 aromatic carbocycles. The molecule has 10 heteroatoms. The molecule has 0 bridgehead atoms. The molecule has 0 aliphatic carbocycles. The minimum Gasteiger partial charge on any atom is -0.488 e. The zero-order chi connectivity index (χ0) is 23.3. The summed E-state index contributed by atoms with van der Waals surface area (Å²) < 4.78 is 33.1. The zero-order valence-corrected chi connectivity index (χ0v) is 19.5. The van der Waals surface area contributed by atoms with Crippen molar-refractivity contribution in [2.75, 3.05) is 10.0 Å². The number of para-hydroxylation sites is 1. The Morgan fingerprint density at radius 1 is 1.00 bits per heavy atom. The van der Waals surface area contributed by atoms with E-state index in [9.17, 15) is 13.2 Å². The second-order valence-electron chi connectivity index (χ2n) is 6.83. The van der Waals surface area contributed by atoms with Crippen molar-refractivity contribution < 1.29 is 17.9 Å². The highest BCUT2D eigenvalue weighted by molar-refractivity contribution is 7.93. The van der Waals surface area contributed by atoms with Crippen LogP contribution in [0, 0.1) is 0 Å². The number of ether oxygens (including phenoxy) is 1. The largest absolute Gasteiger partial charge is 0.488 e. The summed E-state index contributed by atoms with van der Waals surface area (Å²) in [7, 11) is -3.77. The predicted octanol–water partition coefficient (Wildman–Crippen LogP) is 5.43. The molecular weight excluding hydrogens is 482 g/mol. The minimum absolute atomic E-state index is 0.0578. The zero-order valence-electron chi connectivity index (χ0n) is 17.1. The van der Waals surface area contributed by atoms with Crippen molar-refractivity contribution in [1.82, 2.24) is 4.98 Å². The van der Waals surface area contributed by atoms with Crippen LogP contribution in [0.15, 0.2) is 89.3 Å². The summed E-state index contributed by atoms with van der Waals surface area (Å²) in [5.41, 5.74) is 1.71. The number of halogens is 1. The first-order chi connectivity index (χ1) is 15.9. The molecule has 0 aliphatic rings. The Labute approximate surface area is 200 Å². The molecule has 1 amide bonds. The molecule has 7 nitrogen and oxygen atoms in total. The van der Waals surface area contributed by atoms with Crippen LogP contribution in [-0.2, 0) is 16.6 Å². The number of benzene rings is 3. The first kappa shape index (κ1) is 22.8. The number of amides is 1. The summed E-state index contributed by atoms with van der Waals surface area (Å²) in [6.45, 7) is 0.278. The fraction of sp³-hybridized carbons (Fsp3) is 0.0435. The average molecular weight is 500 g/mol. The number of nitrogens with one attached hydrogen (secondary N) is 2. The van der Waals surface area contributed by atoms with Crippen LogP contribution in [0.25, 0.3) is 0 Å². The van der Waals surface area contributed by atoms with E-state index in [-0.39, 0.29) is 22.5 Å². The molecule has 0 atom stereocenters. The summed E-state index contributed by atoms with van der Waals surface area (Å²) in [4.78, 5) is 16.8. The molecular formula is C23H18ClN3O4S2. The van der Waals surface area contributed by atoms with E-state index in [1.165, 1.54) is 41.8 Å². The number of rotatable bonds is 8. The van der Waals surface area contributed by atoms with Gasteiger partial charge in [0.05, 0.1) is 10.5 Å². The number of hydrogen-bond acceptors (Lipinski definition) is 6. The van der Waals surface area contributed by atoms with Crippen LogP contribution < -0.4 is 14.8 Å². The second kappa shape index (κ2) is 10.0. The van der Waals surface area contributed by atoms with Gasteiger partial charge in [0.15, 0.2) is 5.13 Å². The predicted molar refractivity (Wildman–Crippen MR) is 130 cm³/mol. The maximum Gasteiger partial charge on any atom is 0.263 e. The number of thiazole rings is 1. The maximum atomic E-state index is 12.8. The van der Waals surface area contributed by atoms with Crippen molar-refractivity contribution in [1.29, 1.82) is 0 Å². The lowest BCUT2D eigenvalue weighted by molar-refractivity contribution is 0.102. The Balaban J connectivity index is 1.43. The van der Waals surface area contributed by atoms with Gasteiger partial charge in [-0.3, -0.25) is 9.52 Å². The van der Waals surface area contributed by atoms with Gasteiger partial charge >= 0.3 is 0 Å². The van der Waals surface area contributed by atoms with Crippen molar-refractivity contribution in [3.63, 3.8) is 0 Å². The van der Waals surface area contributed by atoms with Crippen LogP contribution in [0.5, 0.6) is 5.75 Å². The van der Waals surface area contributed by atoms with Crippen LogP contribution in [-0.4, -0.2) is 19.3 Å². The fourth-order valence-electron chi connectivity index (χ4n) is 2.89. The standard InChI is InChI=1S/C23H18ClN3O4S2/c24-17-7-5-16(6-8-17)15-31-21-4-2-1-3-20(21)22(28)26-18-9-11-19(12-10-18)33(29,30)27-23-25-13-14-32-23/h1-14H,15H2,(H,25,27)(H,26,28). The summed E-state index contributed by atoms with van der Waals surface area (Å²) in [6, 6.07) is 20.0. The van der Waals surface area contributed by atoms with E-state index in [1.807, 2.05) is 12.1 Å². The Hall–Kier alpha value is -3.40. The molecule has 4 rings (SSSR count). The van der Waals surface area contributed by atoms with Crippen LogP contribution in [0.2, 0.25) is 5.02 Å². The minimum atomic E-state index is -3.77. The number of carbonyl (C=O) groups is 1. The lowest BCUT2D eigenvalue weighted by Gasteiger charge is -2.12. The summed E-state index contributed by atoms with van der Waals surface area (Å²) in [6.07, 6.45) is 1.51. The first-order valence-corrected chi connectivity index (χ1v) is 12.4. The van der Waals surface area contributed by atoms with Crippen LogP contribution in [0.1, 0.15) is 15.9 Å². The average Bonchev–Trinajstić information content (AvgIpc) is 3.31. The number of sulfonamides is 1. The number of nitrogens with zero attached hydrogens (tertiary/aromatic N) is 1. The van der Waals surface area contributed by atoms with Crippen molar-refractivity contribution >= 4 is 49.7 Å². The summed E-state index contributed by atoms with van der Waals surface area (Å²) >= 11 is 7.09. The first-order valence-electron chi connectivity index (χ1n) is 9.71. The lowest BCUT2D eigenvalue weighted by atomic mass is 10.1. The molecule has 0 unspecified atom stereocenters. The number of hydrogen-bond donors (Lipinski definition) is 2. The SMILES string of the molecule is O=C(Nc1ccc(S(=O)(=O)Nc2nccs2)cc1)c1ccccc1OCc1ccc(Cl)cc1. The number of aromatic nitrogens is 1. The topological polar surface area (TPSA) is 97.4 Å². The van der Waals surface area contributed by atoms with E-state index in [1.54, 1.807) is 41.8 Å². The van der Waals surface area contributed by atoms with Gasteiger partial charge in [-0.2, -0.15) is 0 Å².